The third-order valence-electron chi connectivity index (χ3n) is 3.98. The van der Waals surface area contributed by atoms with E-state index in [1.54, 1.807) is 16.7 Å². The van der Waals surface area contributed by atoms with Crippen molar-refractivity contribution in [2.75, 3.05) is 0 Å². The van der Waals surface area contributed by atoms with Crippen LogP contribution in [0.2, 0.25) is 10.0 Å². The van der Waals surface area contributed by atoms with E-state index in [0.29, 0.717) is 16.0 Å². The van der Waals surface area contributed by atoms with Crippen LogP contribution in [0.25, 0.3) is 11.0 Å². The maximum atomic E-state index is 12.1. The molecule has 19 heavy (non-hydrogen) atoms. The van der Waals surface area contributed by atoms with Crippen molar-refractivity contribution in [1.82, 2.24) is 9.55 Å². The number of hydrogen-bond donors (Lipinski definition) is 1. The lowest BCUT2D eigenvalue weighted by atomic mass is 9.89. The van der Waals surface area contributed by atoms with Crippen LogP contribution in [0.4, 0.5) is 0 Å². The third kappa shape index (κ3) is 2.54. The number of hydrogen-bond acceptors (Lipinski definition) is 1. The number of nitrogens with zero attached hydrogens (tertiary/aromatic N) is 1. The molecule has 0 atom stereocenters. The highest BCUT2D eigenvalue weighted by atomic mass is 35.5. The molecule has 1 aromatic carbocycles. The standard InChI is InChI=1S/C14H16Cl2N2O/c15-10-6-12-13(7-11(10)16)18(14(19)17-12)8-9-4-2-1-3-5-9/h6-7,9H,1-5,8H2,(H,17,19). The molecule has 0 unspecified atom stereocenters. The van der Waals surface area contributed by atoms with E-state index in [-0.39, 0.29) is 5.69 Å². The van der Waals surface area contributed by atoms with E-state index < -0.39 is 0 Å². The largest absolute Gasteiger partial charge is 0.326 e. The predicted octanol–water partition coefficient (Wildman–Crippen LogP) is 4.22. The zero-order valence-electron chi connectivity index (χ0n) is 10.6. The molecule has 0 saturated heterocycles. The first-order valence-corrected chi connectivity index (χ1v) is 7.48. The van der Waals surface area contributed by atoms with Crippen molar-refractivity contribution in [1.29, 1.82) is 0 Å². The summed E-state index contributed by atoms with van der Waals surface area (Å²) in [6.07, 6.45) is 6.28. The van der Waals surface area contributed by atoms with E-state index in [0.717, 1.165) is 17.6 Å². The van der Waals surface area contributed by atoms with Crippen LogP contribution in [-0.2, 0) is 6.54 Å². The molecule has 1 aromatic heterocycles. The number of imidazole rings is 1. The fraction of sp³-hybridized carbons (Fsp3) is 0.500. The van der Waals surface area contributed by atoms with Gasteiger partial charge in [0, 0.05) is 6.54 Å². The number of rotatable bonds is 2. The zero-order valence-corrected chi connectivity index (χ0v) is 12.1. The molecule has 3 nitrogen and oxygen atoms in total. The molecule has 1 saturated carbocycles. The van der Waals surface area contributed by atoms with Gasteiger partial charge in [0.25, 0.3) is 0 Å². The molecule has 3 rings (SSSR count). The molecule has 0 bridgehead atoms. The highest BCUT2D eigenvalue weighted by molar-refractivity contribution is 6.42. The van der Waals surface area contributed by atoms with E-state index in [9.17, 15) is 4.79 Å². The summed E-state index contributed by atoms with van der Waals surface area (Å²) in [5, 5.41) is 0.964. The Morgan fingerprint density at radius 1 is 1.16 bits per heavy atom. The van der Waals surface area contributed by atoms with Crippen LogP contribution in [0.5, 0.6) is 0 Å². The minimum absolute atomic E-state index is 0.0705. The van der Waals surface area contributed by atoms with Crippen molar-refractivity contribution in [2.45, 2.75) is 38.6 Å². The summed E-state index contributed by atoms with van der Waals surface area (Å²) >= 11 is 12.0. The normalized spacial score (nSPS) is 17.2. The second-order valence-corrected chi connectivity index (χ2v) is 6.14. The summed E-state index contributed by atoms with van der Waals surface area (Å²) in [6.45, 7) is 0.775. The molecule has 0 amide bonds. The maximum absolute atomic E-state index is 12.1. The summed E-state index contributed by atoms with van der Waals surface area (Å²) in [5.74, 6) is 0.597. The Morgan fingerprint density at radius 3 is 2.58 bits per heavy atom. The second kappa shape index (κ2) is 5.22. The number of aromatic nitrogens is 2. The van der Waals surface area contributed by atoms with Gasteiger partial charge in [-0.25, -0.2) is 4.79 Å². The monoisotopic (exact) mass is 298 g/mol. The smallest absolute Gasteiger partial charge is 0.305 e. The van der Waals surface area contributed by atoms with Gasteiger partial charge in [-0.3, -0.25) is 4.57 Å². The van der Waals surface area contributed by atoms with Crippen molar-refractivity contribution in [2.24, 2.45) is 5.92 Å². The molecular weight excluding hydrogens is 283 g/mol. The molecule has 0 aliphatic heterocycles. The second-order valence-electron chi connectivity index (χ2n) is 5.33. The Bertz CT molecular complexity index is 653. The van der Waals surface area contributed by atoms with Gasteiger partial charge in [-0.1, -0.05) is 42.5 Å². The van der Waals surface area contributed by atoms with Crippen LogP contribution in [0, 0.1) is 5.92 Å². The first-order valence-electron chi connectivity index (χ1n) is 6.72. The Kier molecular flexibility index (Phi) is 3.59. The first-order chi connectivity index (χ1) is 9.15. The van der Waals surface area contributed by atoms with Gasteiger partial charge < -0.3 is 4.98 Å². The average Bonchev–Trinajstić information content (AvgIpc) is 2.68. The molecule has 5 heteroatoms. The molecule has 1 aliphatic rings. The highest BCUT2D eigenvalue weighted by Crippen LogP contribution is 2.29. The number of aromatic amines is 1. The summed E-state index contributed by atoms with van der Waals surface area (Å²) < 4.78 is 1.80. The quantitative estimate of drug-likeness (QED) is 0.886. The summed E-state index contributed by atoms with van der Waals surface area (Å²) in [7, 11) is 0. The van der Waals surface area contributed by atoms with Crippen molar-refractivity contribution < 1.29 is 0 Å². The van der Waals surface area contributed by atoms with Gasteiger partial charge >= 0.3 is 5.69 Å². The van der Waals surface area contributed by atoms with Crippen molar-refractivity contribution in [3.63, 3.8) is 0 Å². The Morgan fingerprint density at radius 2 is 1.84 bits per heavy atom. The lowest BCUT2D eigenvalue weighted by Gasteiger charge is -2.21. The van der Waals surface area contributed by atoms with E-state index >= 15 is 0 Å². The molecule has 1 aliphatic carbocycles. The minimum atomic E-state index is -0.0705. The van der Waals surface area contributed by atoms with Crippen molar-refractivity contribution in [3.8, 4) is 0 Å². The van der Waals surface area contributed by atoms with Crippen molar-refractivity contribution >= 4 is 34.2 Å². The Balaban J connectivity index is 2.00. The van der Waals surface area contributed by atoms with E-state index in [1.807, 2.05) is 0 Å². The molecule has 102 valence electrons. The van der Waals surface area contributed by atoms with Crippen LogP contribution >= 0.6 is 23.2 Å². The molecule has 1 heterocycles. The fourth-order valence-corrected chi connectivity index (χ4v) is 3.28. The highest BCUT2D eigenvalue weighted by Gasteiger charge is 2.17. The molecule has 1 fully saturated rings. The summed E-state index contributed by atoms with van der Waals surface area (Å²) in [6, 6.07) is 3.50. The van der Waals surface area contributed by atoms with Crippen LogP contribution in [0.1, 0.15) is 32.1 Å². The van der Waals surface area contributed by atoms with Gasteiger partial charge in [0.15, 0.2) is 0 Å². The molecule has 0 spiro atoms. The van der Waals surface area contributed by atoms with Crippen LogP contribution in [-0.4, -0.2) is 9.55 Å². The van der Waals surface area contributed by atoms with E-state index in [2.05, 4.69) is 4.98 Å². The van der Waals surface area contributed by atoms with Gasteiger partial charge in [-0.05, 0) is 30.9 Å². The number of halogens is 2. The lowest BCUT2D eigenvalue weighted by Crippen LogP contribution is -2.22. The predicted molar refractivity (Wildman–Crippen MR) is 79.2 cm³/mol. The SMILES string of the molecule is O=c1[nH]c2cc(Cl)c(Cl)cc2n1CC1CCCCC1. The topological polar surface area (TPSA) is 37.8 Å². The molecular formula is C14H16Cl2N2O. The number of H-pyrrole nitrogens is 1. The summed E-state index contributed by atoms with van der Waals surface area (Å²) in [4.78, 5) is 14.9. The lowest BCUT2D eigenvalue weighted by molar-refractivity contribution is 0.319. The van der Waals surface area contributed by atoms with E-state index in [1.165, 1.54) is 32.1 Å². The number of fused-ring (bicyclic) bond motifs is 1. The van der Waals surface area contributed by atoms with Gasteiger partial charge in [-0.2, -0.15) is 0 Å². The van der Waals surface area contributed by atoms with Gasteiger partial charge in [0.2, 0.25) is 0 Å². The molecule has 1 N–H and O–H groups in total. The minimum Gasteiger partial charge on any atom is -0.305 e. The zero-order chi connectivity index (χ0) is 13.4. The summed E-state index contributed by atoms with van der Waals surface area (Å²) in [5.41, 5.74) is 1.54. The van der Waals surface area contributed by atoms with Crippen molar-refractivity contribution in [3.05, 3.63) is 32.7 Å². The third-order valence-corrected chi connectivity index (χ3v) is 4.70. The maximum Gasteiger partial charge on any atom is 0.326 e. The van der Waals surface area contributed by atoms with Gasteiger partial charge in [0.1, 0.15) is 0 Å². The van der Waals surface area contributed by atoms with Crippen LogP contribution in [0.15, 0.2) is 16.9 Å². The fourth-order valence-electron chi connectivity index (χ4n) is 2.96. The number of nitrogens with one attached hydrogen (secondary N) is 1. The van der Waals surface area contributed by atoms with Gasteiger partial charge in [-0.15, -0.1) is 0 Å². The Labute approximate surface area is 121 Å². The molecule has 2 aromatic rings. The Hall–Kier alpha value is -0.930. The average molecular weight is 299 g/mol. The van der Waals surface area contributed by atoms with Gasteiger partial charge in [0.05, 0.1) is 21.1 Å². The first kappa shape index (κ1) is 13.1. The molecule has 0 radical (unpaired) electrons. The number of benzene rings is 1. The van der Waals surface area contributed by atoms with E-state index in [4.69, 9.17) is 23.2 Å². The van der Waals surface area contributed by atoms with Crippen LogP contribution < -0.4 is 5.69 Å². The van der Waals surface area contributed by atoms with Crippen LogP contribution in [0.3, 0.4) is 0 Å².